The third kappa shape index (κ3) is 6.30. The van der Waals surface area contributed by atoms with E-state index in [1.54, 1.807) is 42.5 Å². The number of hydrogen-bond donors (Lipinski definition) is 0. The van der Waals surface area contributed by atoms with E-state index in [-0.39, 0.29) is 23.8 Å². The molecule has 0 aliphatic heterocycles. The van der Waals surface area contributed by atoms with Gasteiger partial charge in [-0.3, -0.25) is 4.79 Å². The molecule has 7 heteroatoms. The molecule has 5 nitrogen and oxygen atoms in total. The normalized spacial score (nSPS) is 11.7. The summed E-state index contributed by atoms with van der Waals surface area (Å²) in [5.41, 5.74) is 1.42. The molecule has 1 atom stereocenters. The Morgan fingerprint density at radius 2 is 1.64 bits per heavy atom. The minimum Gasteiger partial charge on any atom is -0.460 e. The molecular weight excluding hydrogens is 428 g/mol. The van der Waals surface area contributed by atoms with Gasteiger partial charge in [0.2, 0.25) is 0 Å². The molecule has 0 heterocycles. The first-order valence-corrected chi connectivity index (χ1v) is 10.4. The van der Waals surface area contributed by atoms with Gasteiger partial charge in [-0.1, -0.05) is 56.3 Å². The fraction of sp³-hybridized carbons (Fsp3) is 0.231. The highest BCUT2D eigenvalue weighted by atomic mass is 19.3. The quantitative estimate of drug-likeness (QED) is 0.351. The molecule has 3 rings (SSSR count). The second-order valence-corrected chi connectivity index (χ2v) is 7.59. The molecule has 0 saturated carbocycles. The van der Waals surface area contributed by atoms with Crippen molar-refractivity contribution >= 4 is 5.97 Å². The first-order chi connectivity index (χ1) is 15.9. The zero-order valence-electron chi connectivity index (χ0n) is 18.2. The van der Waals surface area contributed by atoms with Gasteiger partial charge in [0, 0.05) is 5.56 Å². The van der Waals surface area contributed by atoms with Gasteiger partial charge in [0.05, 0.1) is 5.92 Å². The summed E-state index contributed by atoms with van der Waals surface area (Å²) in [6.45, 7) is 0.705. The lowest BCUT2D eigenvalue weighted by atomic mass is 9.88. The molecule has 0 aromatic heterocycles. The Labute approximate surface area is 191 Å². The molecule has 0 fully saturated rings. The number of benzene rings is 3. The van der Waals surface area contributed by atoms with Crippen LogP contribution in [0.2, 0.25) is 0 Å². The summed E-state index contributed by atoms with van der Waals surface area (Å²) in [5.74, 6) is -0.235. The summed E-state index contributed by atoms with van der Waals surface area (Å²) in [7, 11) is 0. The van der Waals surface area contributed by atoms with Crippen molar-refractivity contribution in [2.75, 3.05) is 0 Å². The van der Waals surface area contributed by atoms with Gasteiger partial charge in [0.25, 0.3) is 0 Å². The fourth-order valence-corrected chi connectivity index (χ4v) is 3.41. The Kier molecular flexibility index (Phi) is 7.98. The lowest BCUT2D eigenvalue weighted by Gasteiger charge is -2.20. The van der Waals surface area contributed by atoms with Crippen LogP contribution in [0.25, 0.3) is 0 Å². The van der Waals surface area contributed by atoms with Crippen molar-refractivity contribution in [3.63, 3.8) is 0 Å². The van der Waals surface area contributed by atoms with Crippen LogP contribution in [0, 0.1) is 17.2 Å². The lowest BCUT2D eigenvalue weighted by Crippen LogP contribution is -2.21. The monoisotopic (exact) mass is 451 g/mol. The van der Waals surface area contributed by atoms with Crippen molar-refractivity contribution in [2.24, 2.45) is 5.92 Å². The minimum absolute atomic E-state index is 0.0125. The van der Waals surface area contributed by atoms with Gasteiger partial charge in [-0.25, -0.2) is 0 Å². The molecule has 0 aliphatic carbocycles. The van der Waals surface area contributed by atoms with E-state index >= 15 is 0 Å². The molecule has 170 valence electrons. The SMILES string of the molecule is CC(C)C(C(=O)OCc1cccc(Oc2ccccc2)c1C#N)c1ccc(OC(F)F)cc1. The first kappa shape index (κ1) is 23.7. The van der Waals surface area contributed by atoms with Crippen LogP contribution in [0.15, 0.2) is 72.8 Å². The molecule has 0 radical (unpaired) electrons. The van der Waals surface area contributed by atoms with E-state index in [0.717, 1.165) is 0 Å². The summed E-state index contributed by atoms with van der Waals surface area (Å²) >= 11 is 0. The number of halogens is 2. The second-order valence-electron chi connectivity index (χ2n) is 7.59. The van der Waals surface area contributed by atoms with Crippen molar-refractivity contribution in [3.05, 3.63) is 89.5 Å². The molecule has 3 aromatic rings. The minimum atomic E-state index is -2.92. The molecule has 33 heavy (non-hydrogen) atoms. The topological polar surface area (TPSA) is 68.5 Å². The Morgan fingerprint density at radius 1 is 0.939 bits per heavy atom. The Bertz CT molecular complexity index is 1110. The molecule has 1 unspecified atom stereocenters. The Balaban J connectivity index is 1.74. The fourth-order valence-electron chi connectivity index (χ4n) is 3.41. The predicted octanol–water partition coefficient (Wildman–Crippen LogP) is 6.43. The molecular formula is C26H23F2NO4. The van der Waals surface area contributed by atoms with Crippen molar-refractivity contribution in [3.8, 4) is 23.3 Å². The van der Waals surface area contributed by atoms with E-state index in [4.69, 9.17) is 9.47 Å². The van der Waals surface area contributed by atoms with Crippen molar-refractivity contribution in [1.82, 2.24) is 0 Å². The summed E-state index contributed by atoms with van der Waals surface area (Å²) in [5, 5.41) is 9.67. The molecule has 0 aliphatic rings. The van der Waals surface area contributed by atoms with Crippen LogP contribution < -0.4 is 9.47 Å². The number of alkyl halides is 2. The third-order valence-electron chi connectivity index (χ3n) is 4.95. The zero-order valence-corrected chi connectivity index (χ0v) is 18.2. The number of ether oxygens (including phenoxy) is 3. The van der Waals surface area contributed by atoms with E-state index in [1.807, 2.05) is 32.0 Å². The van der Waals surface area contributed by atoms with Gasteiger partial charge in [-0.05, 0) is 41.8 Å². The van der Waals surface area contributed by atoms with E-state index in [9.17, 15) is 18.8 Å². The standard InChI is InChI=1S/C26H23F2NO4/c1-17(2)24(18-11-13-21(14-12-18)33-26(27)28)25(30)31-16-19-7-6-10-23(22(19)15-29)32-20-8-4-3-5-9-20/h3-14,17,24,26H,16H2,1-2H3. The lowest BCUT2D eigenvalue weighted by molar-refractivity contribution is -0.148. The van der Waals surface area contributed by atoms with Crippen LogP contribution in [0.5, 0.6) is 17.2 Å². The van der Waals surface area contributed by atoms with Gasteiger partial charge < -0.3 is 14.2 Å². The molecule has 0 amide bonds. The maximum atomic E-state index is 12.9. The van der Waals surface area contributed by atoms with E-state index in [2.05, 4.69) is 10.8 Å². The van der Waals surface area contributed by atoms with Crippen molar-refractivity contribution in [1.29, 1.82) is 5.26 Å². The smallest absolute Gasteiger partial charge is 0.387 e. The highest BCUT2D eigenvalue weighted by Gasteiger charge is 2.26. The maximum Gasteiger partial charge on any atom is 0.387 e. The van der Waals surface area contributed by atoms with Gasteiger partial charge >= 0.3 is 12.6 Å². The van der Waals surface area contributed by atoms with Crippen molar-refractivity contribution < 1.29 is 27.8 Å². The Morgan fingerprint density at radius 3 is 2.24 bits per heavy atom. The highest BCUT2D eigenvalue weighted by molar-refractivity contribution is 5.78. The van der Waals surface area contributed by atoms with Crippen LogP contribution in [0.4, 0.5) is 8.78 Å². The largest absolute Gasteiger partial charge is 0.460 e. The van der Waals surface area contributed by atoms with Gasteiger partial charge in [-0.15, -0.1) is 0 Å². The first-order valence-electron chi connectivity index (χ1n) is 10.4. The average Bonchev–Trinajstić information content (AvgIpc) is 2.79. The molecule has 0 N–H and O–H groups in total. The predicted molar refractivity (Wildman–Crippen MR) is 118 cm³/mol. The van der Waals surface area contributed by atoms with E-state index < -0.39 is 18.5 Å². The number of rotatable bonds is 9. The summed E-state index contributed by atoms with van der Waals surface area (Å²) in [6.07, 6.45) is 0. The number of carbonyl (C=O) groups excluding carboxylic acids is 1. The molecule has 3 aromatic carbocycles. The number of esters is 1. The van der Waals surface area contributed by atoms with Crippen LogP contribution in [-0.2, 0) is 16.1 Å². The van der Waals surface area contributed by atoms with Crippen LogP contribution >= 0.6 is 0 Å². The third-order valence-corrected chi connectivity index (χ3v) is 4.95. The van der Waals surface area contributed by atoms with Crippen LogP contribution in [0.3, 0.4) is 0 Å². The number of hydrogen-bond acceptors (Lipinski definition) is 5. The van der Waals surface area contributed by atoms with Crippen LogP contribution in [-0.4, -0.2) is 12.6 Å². The number of para-hydroxylation sites is 1. The van der Waals surface area contributed by atoms with Crippen molar-refractivity contribution in [2.45, 2.75) is 33.0 Å². The average molecular weight is 451 g/mol. The maximum absolute atomic E-state index is 12.9. The van der Waals surface area contributed by atoms with E-state index in [1.165, 1.54) is 12.1 Å². The second kappa shape index (κ2) is 11.1. The summed E-state index contributed by atoms with van der Waals surface area (Å²) < 4.78 is 40.5. The highest BCUT2D eigenvalue weighted by Crippen LogP contribution is 2.30. The Hall–Kier alpha value is -3.92. The van der Waals surface area contributed by atoms with Gasteiger partial charge in [0.15, 0.2) is 0 Å². The molecule has 0 saturated heterocycles. The number of nitriles is 1. The summed E-state index contributed by atoms with van der Waals surface area (Å²) in [4.78, 5) is 12.9. The van der Waals surface area contributed by atoms with Crippen LogP contribution in [0.1, 0.15) is 36.5 Å². The molecule has 0 bridgehead atoms. The van der Waals surface area contributed by atoms with E-state index in [0.29, 0.717) is 22.6 Å². The van der Waals surface area contributed by atoms with Gasteiger partial charge in [0.1, 0.15) is 35.5 Å². The molecule has 0 spiro atoms. The summed E-state index contributed by atoms with van der Waals surface area (Å²) in [6, 6.07) is 22.2. The number of carbonyl (C=O) groups is 1. The van der Waals surface area contributed by atoms with Gasteiger partial charge in [-0.2, -0.15) is 14.0 Å². The number of nitrogens with zero attached hydrogens (tertiary/aromatic N) is 1. The zero-order chi connectivity index (χ0) is 23.8.